The zero-order chi connectivity index (χ0) is 20.6. The summed E-state index contributed by atoms with van der Waals surface area (Å²) >= 11 is 6.19. The number of hydrogen-bond donors (Lipinski definition) is 1. The summed E-state index contributed by atoms with van der Waals surface area (Å²) in [7, 11) is 0. The van der Waals surface area contributed by atoms with Gasteiger partial charge in [0.1, 0.15) is 0 Å². The molecule has 5 nitrogen and oxygen atoms in total. The monoisotopic (exact) mass is 422 g/mol. The summed E-state index contributed by atoms with van der Waals surface area (Å²) in [5.41, 5.74) is 1.04. The van der Waals surface area contributed by atoms with Crippen LogP contribution in [-0.2, 0) is 10.3 Å². The average Bonchev–Trinajstić information content (AvgIpc) is 3.54. The summed E-state index contributed by atoms with van der Waals surface area (Å²) in [5.74, 6) is 0.775. The Labute approximate surface area is 182 Å². The van der Waals surface area contributed by atoms with Gasteiger partial charge in [0, 0.05) is 37.7 Å². The topological polar surface area (TPSA) is 47.9 Å². The maximum absolute atomic E-state index is 14.2. The maximum atomic E-state index is 14.2. The summed E-state index contributed by atoms with van der Waals surface area (Å²) in [4.78, 5) is 23.4. The molecule has 3 aliphatic rings. The van der Waals surface area contributed by atoms with E-state index in [1.807, 2.05) is 65.8 Å². The van der Waals surface area contributed by atoms with E-state index in [9.17, 15) is 4.79 Å². The summed E-state index contributed by atoms with van der Waals surface area (Å²) in [5, 5.41) is 4.05. The average molecular weight is 423 g/mol. The minimum absolute atomic E-state index is 0.0877. The number of amides is 1. The van der Waals surface area contributed by atoms with Crippen molar-refractivity contribution >= 4 is 23.8 Å². The Hall–Kier alpha value is -2.37. The molecule has 0 aromatic heterocycles. The minimum Gasteiger partial charge on any atom is -0.352 e. The Morgan fingerprint density at radius 2 is 1.77 bits per heavy atom. The molecule has 1 aliphatic carbocycles. The molecule has 1 saturated heterocycles. The molecule has 2 unspecified atom stereocenters. The van der Waals surface area contributed by atoms with Gasteiger partial charge in [-0.15, -0.1) is 0 Å². The highest BCUT2D eigenvalue weighted by atomic mass is 35.5. The van der Waals surface area contributed by atoms with Gasteiger partial charge in [-0.05, 0) is 42.0 Å². The summed E-state index contributed by atoms with van der Waals surface area (Å²) in [6.45, 7) is 3.98. The summed E-state index contributed by atoms with van der Waals surface area (Å²) < 4.78 is 0. The van der Waals surface area contributed by atoms with Crippen LogP contribution < -0.4 is 5.32 Å². The molecule has 1 saturated carbocycles. The molecule has 0 bridgehead atoms. The van der Waals surface area contributed by atoms with Crippen LogP contribution in [0.1, 0.15) is 30.0 Å². The molecule has 0 radical (unpaired) electrons. The standard InChI is InChI=1S/C24H27ClN4O/c25-21-10-8-19(9-11-21)22-24(20-4-2-1-3-5-20,23(30)28-14-12-26-13-15-28)27-17-29(22)16-18-6-7-18/h1-5,8-11,17-18,22,26H,6-7,12-16H2. The van der Waals surface area contributed by atoms with Crippen molar-refractivity contribution in [1.82, 2.24) is 15.1 Å². The van der Waals surface area contributed by atoms with E-state index in [4.69, 9.17) is 16.6 Å². The lowest BCUT2D eigenvalue weighted by Gasteiger charge is -2.41. The fourth-order valence-electron chi connectivity index (χ4n) is 4.70. The minimum atomic E-state index is -0.985. The molecule has 2 aromatic rings. The number of nitrogens with zero attached hydrogens (tertiary/aromatic N) is 3. The third-order valence-electron chi connectivity index (χ3n) is 6.43. The SMILES string of the molecule is O=C(N1CCNCC1)C1(c2ccccc2)N=CN(CC2CC2)C1c1ccc(Cl)cc1. The van der Waals surface area contributed by atoms with E-state index >= 15 is 0 Å². The predicted molar refractivity (Wildman–Crippen MR) is 120 cm³/mol. The number of rotatable bonds is 5. The first kappa shape index (κ1) is 19.6. The van der Waals surface area contributed by atoms with E-state index < -0.39 is 5.54 Å². The molecular weight excluding hydrogens is 396 g/mol. The Balaban J connectivity index is 1.63. The second-order valence-electron chi connectivity index (χ2n) is 8.51. The van der Waals surface area contributed by atoms with E-state index in [1.165, 1.54) is 12.8 Å². The molecule has 2 atom stereocenters. The van der Waals surface area contributed by atoms with Crippen molar-refractivity contribution < 1.29 is 4.79 Å². The first-order valence-corrected chi connectivity index (χ1v) is 11.2. The van der Waals surface area contributed by atoms with Crippen molar-refractivity contribution in [2.45, 2.75) is 24.4 Å². The number of piperazine rings is 1. The van der Waals surface area contributed by atoms with Crippen molar-refractivity contribution in [1.29, 1.82) is 0 Å². The molecule has 2 fully saturated rings. The lowest BCUT2D eigenvalue weighted by molar-refractivity contribution is -0.139. The normalized spacial score (nSPS) is 26.2. The molecule has 1 amide bonds. The van der Waals surface area contributed by atoms with Gasteiger partial charge >= 0.3 is 0 Å². The van der Waals surface area contributed by atoms with Gasteiger partial charge in [-0.1, -0.05) is 54.1 Å². The molecule has 5 rings (SSSR count). The number of carbonyl (C=O) groups is 1. The van der Waals surface area contributed by atoms with Crippen LogP contribution in [0, 0.1) is 5.92 Å². The van der Waals surface area contributed by atoms with Gasteiger partial charge in [0.15, 0.2) is 5.54 Å². The first-order chi connectivity index (χ1) is 14.7. The smallest absolute Gasteiger partial charge is 0.257 e. The molecule has 1 N–H and O–H groups in total. The molecule has 0 spiro atoms. The number of hydrogen-bond acceptors (Lipinski definition) is 4. The number of benzene rings is 2. The maximum Gasteiger partial charge on any atom is 0.257 e. The largest absolute Gasteiger partial charge is 0.352 e. The van der Waals surface area contributed by atoms with E-state index in [2.05, 4.69) is 10.2 Å². The molecule has 2 aromatic carbocycles. The van der Waals surface area contributed by atoms with Crippen LogP contribution in [-0.4, -0.2) is 54.8 Å². The Bertz CT molecular complexity index is 922. The fraction of sp³-hybridized carbons (Fsp3) is 0.417. The molecule has 30 heavy (non-hydrogen) atoms. The second-order valence-corrected chi connectivity index (χ2v) is 8.95. The molecule has 2 heterocycles. The van der Waals surface area contributed by atoms with Gasteiger partial charge in [-0.3, -0.25) is 9.79 Å². The van der Waals surface area contributed by atoms with Crippen LogP contribution in [0.4, 0.5) is 0 Å². The van der Waals surface area contributed by atoms with E-state index in [0.717, 1.165) is 30.8 Å². The molecule has 156 valence electrons. The van der Waals surface area contributed by atoms with Crippen LogP contribution in [0.15, 0.2) is 59.6 Å². The van der Waals surface area contributed by atoms with Gasteiger partial charge in [0.25, 0.3) is 5.91 Å². The highest BCUT2D eigenvalue weighted by molar-refractivity contribution is 6.30. The van der Waals surface area contributed by atoms with E-state index in [1.54, 1.807) is 0 Å². The van der Waals surface area contributed by atoms with Gasteiger partial charge in [-0.2, -0.15) is 0 Å². The lowest BCUT2D eigenvalue weighted by Crippen LogP contribution is -2.55. The third-order valence-corrected chi connectivity index (χ3v) is 6.68. The number of carbonyl (C=O) groups excluding carboxylic acids is 1. The van der Waals surface area contributed by atoms with Crippen LogP contribution in [0.25, 0.3) is 0 Å². The molecule has 6 heteroatoms. The number of halogens is 1. The summed E-state index contributed by atoms with van der Waals surface area (Å²) in [6.07, 6.45) is 4.42. The van der Waals surface area contributed by atoms with E-state index in [0.29, 0.717) is 24.0 Å². The quantitative estimate of drug-likeness (QED) is 0.802. The third kappa shape index (κ3) is 3.50. The van der Waals surface area contributed by atoms with Crippen LogP contribution >= 0.6 is 11.6 Å². The van der Waals surface area contributed by atoms with Gasteiger partial charge in [-0.25, -0.2) is 0 Å². The fourth-order valence-corrected chi connectivity index (χ4v) is 4.83. The van der Waals surface area contributed by atoms with Gasteiger partial charge in [0.05, 0.1) is 12.4 Å². The molecular formula is C24H27ClN4O. The Morgan fingerprint density at radius 1 is 1.07 bits per heavy atom. The number of aliphatic imine (C=N–C) groups is 1. The van der Waals surface area contributed by atoms with Gasteiger partial charge in [0.2, 0.25) is 0 Å². The number of nitrogens with one attached hydrogen (secondary N) is 1. The Kier molecular flexibility index (Phi) is 5.25. The van der Waals surface area contributed by atoms with E-state index in [-0.39, 0.29) is 11.9 Å². The van der Waals surface area contributed by atoms with Crippen molar-refractivity contribution in [2.24, 2.45) is 10.9 Å². The van der Waals surface area contributed by atoms with Gasteiger partial charge < -0.3 is 15.1 Å². The van der Waals surface area contributed by atoms with Crippen molar-refractivity contribution in [3.05, 3.63) is 70.7 Å². The van der Waals surface area contributed by atoms with Crippen LogP contribution in [0.2, 0.25) is 5.02 Å². The van der Waals surface area contributed by atoms with Crippen LogP contribution in [0.5, 0.6) is 0 Å². The van der Waals surface area contributed by atoms with Crippen molar-refractivity contribution in [3.8, 4) is 0 Å². The Morgan fingerprint density at radius 3 is 2.43 bits per heavy atom. The van der Waals surface area contributed by atoms with Crippen LogP contribution in [0.3, 0.4) is 0 Å². The second kappa shape index (κ2) is 8.05. The zero-order valence-electron chi connectivity index (χ0n) is 17.0. The predicted octanol–water partition coefficient (Wildman–Crippen LogP) is 3.46. The first-order valence-electron chi connectivity index (χ1n) is 10.8. The lowest BCUT2D eigenvalue weighted by atomic mass is 9.78. The van der Waals surface area contributed by atoms with Crippen molar-refractivity contribution in [3.63, 3.8) is 0 Å². The highest BCUT2D eigenvalue weighted by Crippen LogP contribution is 2.48. The highest BCUT2D eigenvalue weighted by Gasteiger charge is 2.55. The molecule has 2 aliphatic heterocycles. The zero-order valence-corrected chi connectivity index (χ0v) is 17.8. The van der Waals surface area contributed by atoms with Crippen molar-refractivity contribution in [2.75, 3.05) is 32.7 Å². The summed E-state index contributed by atoms with van der Waals surface area (Å²) in [6, 6.07) is 17.8.